The molecule has 0 fully saturated rings. The average molecular weight is 403 g/mol. The quantitative estimate of drug-likeness (QED) is 0.367. The van der Waals surface area contributed by atoms with E-state index in [9.17, 15) is 26.4 Å². The number of ether oxygens (including phenoxy) is 1. The van der Waals surface area contributed by atoms with Gasteiger partial charge in [0.05, 0.1) is 24.3 Å². The van der Waals surface area contributed by atoms with E-state index in [4.69, 9.17) is 4.42 Å². The smallest absolute Gasteiger partial charge is 0.465 e. The molecule has 0 radical (unpaired) electrons. The van der Waals surface area contributed by atoms with Gasteiger partial charge in [-0.3, -0.25) is 4.98 Å². The molecule has 142 valence electrons. The van der Waals surface area contributed by atoms with Crippen LogP contribution in [0.25, 0.3) is 22.6 Å². The first-order valence-electron chi connectivity index (χ1n) is 6.92. The zero-order chi connectivity index (χ0) is 19.8. The molecule has 9 nitrogen and oxygen atoms in total. The molecule has 3 aromatic rings. The van der Waals surface area contributed by atoms with Gasteiger partial charge in [-0.15, -0.1) is 0 Å². The third-order valence-electron chi connectivity index (χ3n) is 3.20. The number of hydrogen-bond donors (Lipinski definition) is 0. The number of hydrogen-bond acceptors (Lipinski definition) is 9. The minimum absolute atomic E-state index is 0.0376. The van der Waals surface area contributed by atoms with Gasteiger partial charge in [-0.2, -0.15) is 21.6 Å². The molecule has 0 N–H and O–H groups in total. The van der Waals surface area contributed by atoms with Crippen LogP contribution in [0.4, 0.5) is 13.2 Å². The lowest BCUT2D eigenvalue weighted by atomic mass is 10.2. The number of pyridine rings is 1. The SMILES string of the molecule is COC(=O)c1cnc(-c2oc3cnccc3c2OS(=O)(=O)C(F)(F)F)nc1. The van der Waals surface area contributed by atoms with Crippen molar-refractivity contribution < 1.29 is 39.7 Å². The lowest BCUT2D eigenvalue weighted by Crippen LogP contribution is -2.28. The van der Waals surface area contributed by atoms with Crippen LogP contribution in [0.15, 0.2) is 35.3 Å². The van der Waals surface area contributed by atoms with E-state index in [1.165, 1.54) is 12.3 Å². The van der Waals surface area contributed by atoms with Crippen molar-refractivity contribution in [3.63, 3.8) is 0 Å². The molecule has 3 rings (SSSR count). The summed E-state index contributed by atoms with van der Waals surface area (Å²) in [6, 6.07) is 1.20. The molecule has 0 aliphatic rings. The summed E-state index contributed by atoms with van der Waals surface area (Å²) in [5, 5.41) is -0.0894. The molecular weight excluding hydrogens is 395 g/mol. The van der Waals surface area contributed by atoms with Crippen LogP contribution in [0.2, 0.25) is 0 Å². The maximum atomic E-state index is 12.7. The van der Waals surface area contributed by atoms with Gasteiger partial charge in [0.25, 0.3) is 0 Å². The number of furan rings is 1. The second-order valence-electron chi connectivity index (χ2n) is 4.90. The van der Waals surface area contributed by atoms with Gasteiger partial charge in [0.1, 0.15) is 0 Å². The molecule has 3 heterocycles. The van der Waals surface area contributed by atoms with E-state index in [0.29, 0.717) is 0 Å². The van der Waals surface area contributed by atoms with E-state index in [0.717, 1.165) is 25.7 Å². The summed E-state index contributed by atoms with van der Waals surface area (Å²) in [5.74, 6) is -2.30. The van der Waals surface area contributed by atoms with Crippen molar-refractivity contribution in [2.75, 3.05) is 7.11 Å². The van der Waals surface area contributed by atoms with Crippen LogP contribution in [-0.2, 0) is 14.9 Å². The van der Waals surface area contributed by atoms with Crippen molar-refractivity contribution in [2.45, 2.75) is 5.51 Å². The standard InChI is InChI=1S/C14H8F3N3O6S/c1-24-13(21)7-4-19-12(20-5-7)11-10(26-27(22,23)14(15,16)17)8-2-3-18-6-9(8)25-11/h2-6H,1H3. The number of aromatic nitrogens is 3. The van der Waals surface area contributed by atoms with Gasteiger partial charge in [-0.05, 0) is 6.07 Å². The highest BCUT2D eigenvalue weighted by Crippen LogP contribution is 2.40. The van der Waals surface area contributed by atoms with Crippen molar-refractivity contribution in [2.24, 2.45) is 0 Å². The Balaban J connectivity index is 2.15. The number of methoxy groups -OCH3 is 1. The fourth-order valence-electron chi connectivity index (χ4n) is 1.98. The average Bonchev–Trinajstić information content (AvgIpc) is 2.98. The van der Waals surface area contributed by atoms with Gasteiger partial charge in [0.15, 0.2) is 17.2 Å². The van der Waals surface area contributed by atoms with Crippen molar-refractivity contribution in [1.29, 1.82) is 0 Å². The number of fused-ring (bicyclic) bond motifs is 1. The summed E-state index contributed by atoms with van der Waals surface area (Å²) in [7, 11) is -4.84. The van der Waals surface area contributed by atoms with Crippen LogP contribution in [0, 0.1) is 0 Å². The largest absolute Gasteiger partial charge is 0.534 e. The lowest BCUT2D eigenvalue weighted by molar-refractivity contribution is -0.0499. The molecular formula is C14H8F3N3O6S. The summed E-state index contributed by atoms with van der Waals surface area (Å²) in [4.78, 5) is 22.7. The topological polar surface area (TPSA) is 121 Å². The molecule has 0 amide bonds. The predicted octanol–water partition coefficient (Wildman–Crippen LogP) is 2.30. The second-order valence-corrected chi connectivity index (χ2v) is 6.44. The lowest BCUT2D eigenvalue weighted by Gasteiger charge is -2.09. The van der Waals surface area contributed by atoms with E-state index < -0.39 is 33.1 Å². The number of halogens is 3. The minimum Gasteiger partial charge on any atom is -0.465 e. The Morgan fingerprint density at radius 2 is 1.85 bits per heavy atom. The number of nitrogens with zero attached hydrogens (tertiary/aromatic N) is 3. The fourth-order valence-corrected chi connectivity index (χ4v) is 2.46. The van der Waals surface area contributed by atoms with Crippen LogP contribution in [0.3, 0.4) is 0 Å². The van der Waals surface area contributed by atoms with Gasteiger partial charge in [-0.1, -0.05) is 0 Å². The van der Waals surface area contributed by atoms with Crippen LogP contribution in [0.5, 0.6) is 5.75 Å². The number of esters is 1. The maximum Gasteiger partial charge on any atom is 0.534 e. The number of carbonyl (C=O) groups is 1. The van der Waals surface area contributed by atoms with Crippen LogP contribution >= 0.6 is 0 Å². The van der Waals surface area contributed by atoms with Gasteiger partial charge < -0.3 is 13.3 Å². The second kappa shape index (κ2) is 6.50. The molecule has 13 heteroatoms. The van der Waals surface area contributed by atoms with E-state index in [1.54, 1.807) is 0 Å². The van der Waals surface area contributed by atoms with Gasteiger partial charge in [0.2, 0.25) is 5.76 Å². The van der Waals surface area contributed by atoms with Crippen LogP contribution in [-0.4, -0.2) is 42.0 Å². The predicted molar refractivity (Wildman–Crippen MR) is 82.0 cm³/mol. The van der Waals surface area contributed by atoms with Gasteiger partial charge >= 0.3 is 21.6 Å². The summed E-state index contributed by atoms with van der Waals surface area (Å²) < 4.78 is 75.0. The highest BCUT2D eigenvalue weighted by Gasteiger charge is 2.49. The Morgan fingerprint density at radius 1 is 1.19 bits per heavy atom. The molecule has 0 aromatic carbocycles. The highest BCUT2D eigenvalue weighted by atomic mass is 32.2. The van der Waals surface area contributed by atoms with Crippen molar-refractivity contribution in [1.82, 2.24) is 15.0 Å². The van der Waals surface area contributed by atoms with Crippen molar-refractivity contribution >= 4 is 27.1 Å². The Morgan fingerprint density at radius 3 is 2.44 bits per heavy atom. The maximum absolute atomic E-state index is 12.7. The molecule has 0 unspecified atom stereocenters. The summed E-state index contributed by atoms with van der Waals surface area (Å²) >= 11 is 0. The first-order chi connectivity index (χ1) is 12.6. The minimum atomic E-state index is -5.98. The van der Waals surface area contributed by atoms with Crippen LogP contribution < -0.4 is 4.18 Å². The first kappa shape index (κ1) is 18.6. The Kier molecular flexibility index (Phi) is 4.47. The van der Waals surface area contributed by atoms with E-state index in [1.807, 2.05) is 0 Å². The fraction of sp³-hybridized carbons (Fsp3) is 0.143. The molecule has 0 saturated carbocycles. The Bertz CT molecular complexity index is 1110. The van der Waals surface area contributed by atoms with E-state index in [-0.39, 0.29) is 22.4 Å². The van der Waals surface area contributed by atoms with E-state index in [2.05, 4.69) is 23.9 Å². The summed E-state index contributed by atoms with van der Waals surface area (Å²) in [6.07, 6.45) is 4.41. The number of alkyl halides is 3. The van der Waals surface area contributed by atoms with Gasteiger partial charge in [0, 0.05) is 18.6 Å². The van der Waals surface area contributed by atoms with Crippen molar-refractivity contribution in [3.8, 4) is 17.3 Å². The Hall–Kier alpha value is -3.22. The zero-order valence-electron chi connectivity index (χ0n) is 13.2. The molecule has 0 atom stereocenters. The summed E-state index contributed by atoms with van der Waals surface area (Å²) in [5.41, 5.74) is -5.75. The zero-order valence-corrected chi connectivity index (χ0v) is 14.0. The molecule has 0 saturated heterocycles. The van der Waals surface area contributed by atoms with Crippen molar-refractivity contribution in [3.05, 3.63) is 36.4 Å². The third-order valence-corrected chi connectivity index (χ3v) is 4.15. The molecule has 0 spiro atoms. The van der Waals surface area contributed by atoms with E-state index >= 15 is 0 Å². The molecule has 0 aliphatic carbocycles. The summed E-state index contributed by atoms with van der Waals surface area (Å²) in [6.45, 7) is 0. The number of carbonyl (C=O) groups excluding carboxylic acids is 1. The number of rotatable bonds is 4. The third kappa shape index (κ3) is 3.40. The molecule has 3 aromatic heterocycles. The normalized spacial score (nSPS) is 12.1. The highest BCUT2D eigenvalue weighted by molar-refractivity contribution is 7.88. The monoisotopic (exact) mass is 403 g/mol. The molecule has 0 bridgehead atoms. The molecule has 27 heavy (non-hydrogen) atoms. The molecule has 0 aliphatic heterocycles. The Labute approximate surface area is 148 Å². The van der Waals surface area contributed by atoms with Crippen LogP contribution in [0.1, 0.15) is 10.4 Å². The first-order valence-corrected chi connectivity index (χ1v) is 8.33. The van der Waals surface area contributed by atoms with Gasteiger partial charge in [-0.25, -0.2) is 14.8 Å².